The quantitative estimate of drug-likeness (QED) is 0.781. The maximum atomic E-state index is 13.9. The summed E-state index contributed by atoms with van der Waals surface area (Å²) in [6.45, 7) is 2.05. The van der Waals surface area contributed by atoms with Crippen LogP contribution in [0.25, 0.3) is 10.8 Å². The van der Waals surface area contributed by atoms with Crippen LogP contribution >= 0.6 is 0 Å². The molecule has 0 saturated heterocycles. The van der Waals surface area contributed by atoms with Gasteiger partial charge in [0.25, 0.3) is 0 Å². The van der Waals surface area contributed by atoms with E-state index in [2.05, 4.69) is 4.98 Å². The Bertz CT molecular complexity index is 756. The van der Waals surface area contributed by atoms with Gasteiger partial charge in [-0.3, -0.25) is 4.98 Å². The zero-order valence-corrected chi connectivity index (χ0v) is 11.8. The molecule has 2 atom stereocenters. The van der Waals surface area contributed by atoms with Crippen LogP contribution in [0, 0.1) is 5.82 Å². The third-order valence-electron chi connectivity index (χ3n) is 3.96. The van der Waals surface area contributed by atoms with Gasteiger partial charge in [0.2, 0.25) is 0 Å². The summed E-state index contributed by atoms with van der Waals surface area (Å²) in [5.74, 6) is -0.160. The molecule has 0 radical (unpaired) electrons. The molecule has 0 aliphatic rings. The summed E-state index contributed by atoms with van der Waals surface area (Å²) in [4.78, 5) is 4.37. The third kappa shape index (κ3) is 2.52. The fourth-order valence-corrected chi connectivity index (χ4v) is 2.67. The lowest BCUT2D eigenvalue weighted by Crippen LogP contribution is -2.19. The molecule has 0 fully saturated rings. The molecule has 3 aromatic rings. The predicted octanol–water partition coefficient (Wildman–Crippen LogP) is 4.18. The molecule has 2 N–H and O–H groups in total. The van der Waals surface area contributed by atoms with Gasteiger partial charge in [-0.1, -0.05) is 43.3 Å². The second-order valence-corrected chi connectivity index (χ2v) is 5.25. The zero-order chi connectivity index (χ0) is 14.8. The molecule has 1 aromatic heterocycles. The van der Waals surface area contributed by atoms with Crippen molar-refractivity contribution in [1.82, 2.24) is 4.98 Å². The van der Waals surface area contributed by atoms with Crippen LogP contribution in [0.2, 0.25) is 0 Å². The molecule has 2 unspecified atom stereocenters. The minimum absolute atomic E-state index is 0.0556. The van der Waals surface area contributed by atoms with Crippen LogP contribution in [0.4, 0.5) is 4.39 Å². The van der Waals surface area contributed by atoms with E-state index in [1.807, 2.05) is 43.3 Å². The Morgan fingerprint density at radius 3 is 2.38 bits per heavy atom. The molecule has 0 bridgehead atoms. The Morgan fingerprint density at radius 2 is 1.67 bits per heavy atom. The molecule has 0 spiro atoms. The van der Waals surface area contributed by atoms with Crippen molar-refractivity contribution in [2.75, 3.05) is 0 Å². The van der Waals surface area contributed by atoms with Crippen molar-refractivity contribution in [2.45, 2.75) is 18.9 Å². The molecular formula is C18H17FN2. The first-order chi connectivity index (χ1) is 10.2. The molecule has 0 aliphatic heterocycles. The Kier molecular flexibility index (Phi) is 3.67. The molecule has 21 heavy (non-hydrogen) atoms. The smallest absolute Gasteiger partial charge is 0.131 e. The highest BCUT2D eigenvalue weighted by Gasteiger charge is 2.20. The summed E-state index contributed by atoms with van der Waals surface area (Å²) in [5, 5.41) is 1.48. The molecule has 1 heterocycles. The van der Waals surface area contributed by atoms with Crippen LogP contribution in [0.3, 0.4) is 0 Å². The van der Waals surface area contributed by atoms with Crippen molar-refractivity contribution in [3.8, 4) is 0 Å². The number of nitrogens with two attached hydrogens (primary N) is 1. The maximum absolute atomic E-state index is 13.9. The van der Waals surface area contributed by atoms with E-state index in [1.54, 1.807) is 18.3 Å². The molecule has 3 heteroatoms. The summed E-state index contributed by atoms with van der Waals surface area (Å²) in [5.41, 5.74) is 8.32. The van der Waals surface area contributed by atoms with Gasteiger partial charge < -0.3 is 5.73 Å². The second kappa shape index (κ2) is 5.62. The highest BCUT2D eigenvalue weighted by Crippen LogP contribution is 2.32. The first-order valence-electron chi connectivity index (χ1n) is 7.02. The molecule has 3 rings (SSSR count). The van der Waals surface area contributed by atoms with E-state index in [1.165, 1.54) is 6.07 Å². The van der Waals surface area contributed by atoms with Gasteiger partial charge in [-0.2, -0.15) is 0 Å². The van der Waals surface area contributed by atoms with Crippen molar-refractivity contribution in [3.63, 3.8) is 0 Å². The number of nitrogens with zero attached hydrogens (tertiary/aromatic N) is 1. The number of benzene rings is 2. The van der Waals surface area contributed by atoms with E-state index < -0.39 is 0 Å². The van der Waals surface area contributed by atoms with Gasteiger partial charge in [-0.25, -0.2) is 4.39 Å². The monoisotopic (exact) mass is 280 g/mol. The molecule has 0 aliphatic carbocycles. The average molecular weight is 280 g/mol. The standard InChI is InChI=1S/C18H17FN2/c1-12(17-8-4-5-11-21-17)18(20)15-9-10-16(19)14-7-3-2-6-13(14)15/h2-12,18H,20H2,1H3. The number of hydrogen-bond donors (Lipinski definition) is 1. The first kappa shape index (κ1) is 13.7. The molecular weight excluding hydrogens is 263 g/mol. The minimum Gasteiger partial charge on any atom is -0.323 e. The summed E-state index contributed by atoms with van der Waals surface area (Å²) < 4.78 is 13.9. The largest absolute Gasteiger partial charge is 0.323 e. The fourth-order valence-electron chi connectivity index (χ4n) is 2.67. The summed E-state index contributed by atoms with van der Waals surface area (Å²) >= 11 is 0. The van der Waals surface area contributed by atoms with Gasteiger partial charge in [0.05, 0.1) is 0 Å². The topological polar surface area (TPSA) is 38.9 Å². The van der Waals surface area contributed by atoms with Gasteiger partial charge >= 0.3 is 0 Å². The molecule has 0 amide bonds. The van der Waals surface area contributed by atoms with E-state index in [4.69, 9.17) is 5.73 Å². The van der Waals surface area contributed by atoms with Crippen LogP contribution in [0.15, 0.2) is 60.8 Å². The van der Waals surface area contributed by atoms with Gasteiger partial charge in [0, 0.05) is 29.2 Å². The van der Waals surface area contributed by atoms with Crippen LogP contribution in [0.5, 0.6) is 0 Å². The van der Waals surface area contributed by atoms with Gasteiger partial charge in [-0.05, 0) is 29.1 Å². The summed E-state index contributed by atoms with van der Waals surface area (Å²) in [7, 11) is 0. The van der Waals surface area contributed by atoms with Crippen molar-refractivity contribution in [1.29, 1.82) is 0 Å². The lowest BCUT2D eigenvalue weighted by Gasteiger charge is -2.21. The van der Waals surface area contributed by atoms with E-state index in [0.717, 1.165) is 16.6 Å². The fraction of sp³-hybridized carbons (Fsp3) is 0.167. The highest BCUT2D eigenvalue weighted by atomic mass is 19.1. The van der Waals surface area contributed by atoms with Gasteiger partial charge in [-0.15, -0.1) is 0 Å². The van der Waals surface area contributed by atoms with E-state index in [-0.39, 0.29) is 17.8 Å². The highest BCUT2D eigenvalue weighted by molar-refractivity contribution is 5.86. The van der Waals surface area contributed by atoms with Gasteiger partial charge in [0.15, 0.2) is 0 Å². The number of rotatable bonds is 3. The third-order valence-corrected chi connectivity index (χ3v) is 3.96. The second-order valence-electron chi connectivity index (χ2n) is 5.25. The van der Waals surface area contributed by atoms with Crippen molar-refractivity contribution in [2.24, 2.45) is 5.73 Å². The minimum atomic E-state index is -0.231. The molecule has 2 aromatic carbocycles. The predicted molar refractivity (Wildman–Crippen MR) is 83.5 cm³/mol. The van der Waals surface area contributed by atoms with E-state index >= 15 is 0 Å². The molecule has 2 nitrogen and oxygen atoms in total. The zero-order valence-electron chi connectivity index (χ0n) is 11.8. The number of hydrogen-bond acceptors (Lipinski definition) is 2. The van der Waals surface area contributed by atoms with Crippen molar-refractivity contribution in [3.05, 3.63) is 77.9 Å². The number of fused-ring (bicyclic) bond motifs is 1. The first-order valence-corrected chi connectivity index (χ1v) is 7.02. The van der Waals surface area contributed by atoms with E-state index in [0.29, 0.717) is 5.39 Å². The van der Waals surface area contributed by atoms with Gasteiger partial charge in [0.1, 0.15) is 5.82 Å². The van der Waals surface area contributed by atoms with Crippen molar-refractivity contribution >= 4 is 10.8 Å². The summed E-state index contributed by atoms with van der Waals surface area (Å²) in [6.07, 6.45) is 1.77. The van der Waals surface area contributed by atoms with Crippen LogP contribution in [-0.4, -0.2) is 4.98 Å². The van der Waals surface area contributed by atoms with Crippen LogP contribution in [-0.2, 0) is 0 Å². The molecule has 106 valence electrons. The van der Waals surface area contributed by atoms with Crippen LogP contribution in [0.1, 0.15) is 30.1 Å². The Labute approximate surface area is 123 Å². The average Bonchev–Trinajstić information content (AvgIpc) is 2.55. The van der Waals surface area contributed by atoms with Crippen molar-refractivity contribution < 1.29 is 4.39 Å². The lowest BCUT2D eigenvalue weighted by atomic mass is 9.89. The number of aromatic nitrogens is 1. The van der Waals surface area contributed by atoms with E-state index in [9.17, 15) is 4.39 Å². The number of pyridine rings is 1. The SMILES string of the molecule is CC(c1ccccn1)C(N)c1ccc(F)c2ccccc12. The summed E-state index contributed by atoms with van der Waals surface area (Å²) in [6, 6.07) is 16.3. The Morgan fingerprint density at radius 1 is 0.952 bits per heavy atom. The lowest BCUT2D eigenvalue weighted by molar-refractivity contribution is 0.585. The Hall–Kier alpha value is -2.26. The maximum Gasteiger partial charge on any atom is 0.131 e. The van der Waals surface area contributed by atoms with Crippen LogP contribution < -0.4 is 5.73 Å². The normalized spacial score (nSPS) is 14.0. The Balaban J connectivity index is 2.06. The molecule has 0 saturated carbocycles. The number of halogens is 1.